The molecule has 0 N–H and O–H groups in total. The van der Waals surface area contributed by atoms with Crippen LogP contribution in [0.3, 0.4) is 0 Å². The molecule has 0 aliphatic carbocycles. The van der Waals surface area contributed by atoms with Crippen molar-refractivity contribution < 1.29 is 0 Å². The Balaban J connectivity index is 1.57. The molecule has 9 rings (SSSR count). The Hall–Kier alpha value is -5.72. The Morgan fingerprint density at radius 3 is 1.18 bits per heavy atom. The van der Waals surface area contributed by atoms with Crippen molar-refractivity contribution >= 4 is 53.9 Å². The lowest BCUT2D eigenvalue weighted by Gasteiger charge is -2.23. The third kappa shape index (κ3) is 3.78. The Labute approximate surface area is 256 Å². The molecule has 0 nitrogen and oxygen atoms in total. The molecule has 0 amide bonds. The highest BCUT2D eigenvalue weighted by atomic mass is 14.3. The molecule has 44 heavy (non-hydrogen) atoms. The van der Waals surface area contributed by atoms with Gasteiger partial charge in [-0.15, -0.1) is 0 Å². The molecule has 0 aromatic heterocycles. The minimum Gasteiger partial charge on any atom is -0.0616 e. The molecular weight excluding hydrogens is 528 g/mol. The summed E-state index contributed by atoms with van der Waals surface area (Å²) >= 11 is 0. The van der Waals surface area contributed by atoms with Gasteiger partial charge in [0.15, 0.2) is 0 Å². The van der Waals surface area contributed by atoms with E-state index in [4.69, 9.17) is 0 Å². The van der Waals surface area contributed by atoms with Crippen molar-refractivity contribution in [2.24, 2.45) is 0 Å². The van der Waals surface area contributed by atoms with Crippen LogP contribution in [-0.4, -0.2) is 0 Å². The highest BCUT2D eigenvalue weighted by Gasteiger charge is 2.22. The zero-order valence-electron chi connectivity index (χ0n) is 24.2. The summed E-state index contributed by atoms with van der Waals surface area (Å²) in [6.45, 7) is 0. The van der Waals surface area contributed by atoms with Crippen LogP contribution in [0.2, 0.25) is 0 Å². The van der Waals surface area contributed by atoms with E-state index in [0.29, 0.717) is 0 Å². The summed E-state index contributed by atoms with van der Waals surface area (Å²) in [5.41, 5.74) is 7.58. The standard InChI is InChI=1S/C44H28/c1-5-19-33-29(12-1)16-9-23-37(33)42-28-41-36-22-8-4-15-32(36)26-27-40(41)43(38-24-10-17-30-13-2-6-20-34(30)38)44(42)39-25-11-18-31-14-3-7-21-35(31)39/h1-28H. The number of benzene rings is 9. The summed E-state index contributed by atoms with van der Waals surface area (Å²) in [6.07, 6.45) is 0. The molecule has 0 bridgehead atoms. The summed E-state index contributed by atoms with van der Waals surface area (Å²) in [5, 5.41) is 12.6. The van der Waals surface area contributed by atoms with Gasteiger partial charge in [-0.2, -0.15) is 0 Å². The number of fused-ring (bicyclic) bond motifs is 6. The van der Waals surface area contributed by atoms with Gasteiger partial charge in [-0.1, -0.05) is 164 Å². The van der Waals surface area contributed by atoms with E-state index in [1.165, 1.54) is 87.2 Å². The van der Waals surface area contributed by atoms with Crippen molar-refractivity contribution in [3.05, 3.63) is 170 Å². The van der Waals surface area contributed by atoms with Crippen molar-refractivity contribution in [3.8, 4) is 33.4 Å². The molecule has 0 heteroatoms. The predicted molar refractivity (Wildman–Crippen MR) is 190 cm³/mol. The fraction of sp³-hybridized carbons (Fsp3) is 0. The molecule has 0 heterocycles. The molecule has 204 valence electrons. The van der Waals surface area contributed by atoms with Crippen LogP contribution in [0.15, 0.2) is 170 Å². The highest BCUT2D eigenvalue weighted by molar-refractivity contribution is 6.22. The van der Waals surface area contributed by atoms with Crippen LogP contribution >= 0.6 is 0 Å². The van der Waals surface area contributed by atoms with Crippen LogP contribution in [0.25, 0.3) is 87.2 Å². The second-order valence-corrected chi connectivity index (χ2v) is 11.6. The van der Waals surface area contributed by atoms with E-state index in [0.717, 1.165) is 0 Å². The summed E-state index contributed by atoms with van der Waals surface area (Å²) in [4.78, 5) is 0. The van der Waals surface area contributed by atoms with Gasteiger partial charge >= 0.3 is 0 Å². The lowest BCUT2D eigenvalue weighted by atomic mass is 9.80. The molecule has 0 aliphatic heterocycles. The van der Waals surface area contributed by atoms with Crippen LogP contribution in [0.4, 0.5) is 0 Å². The van der Waals surface area contributed by atoms with Crippen LogP contribution < -0.4 is 0 Å². The van der Waals surface area contributed by atoms with E-state index in [9.17, 15) is 0 Å². The van der Waals surface area contributed by atoms with Gasteiger partial charge in [0.25, 0.3) is 0 Å². The van der Waals surface area contributed by atoms with E-state index < -0.39 is 0 Å². The topological polar surface area (TPSA) is 0 Å². The van der Waals surface area contributed by atoms with E-state index in [2.05, 4.69) is 170 Å². The van der Waals surface area contributed by atoms with Crippen molar-refractivity contribution in [2.75, 3.05) is 0 Å². The molecule has 0 radical (unpaired) electrons. The molecule has 9 aromatic carbocycles. The normalized spacial score (nSPS) is 11.6. The maximum Gasteiger partial charge on any atom is -0.00137 e. The van der Waals surface area contributed by atoms with E-state index in [1.807, 2.05) is 0 Å². The molecule has 0 saturated carbocycles. The largest absolute Gasteiger partial charge is 0.0616 e. The fourth-order valence-corrected chi connectivity index (χ4v) is 7.27. The Kier molecular flexibility index (Phi) is 5.61. The minimum atomic E-state index is 1.25. The van der Waals surface area contributed by atoms with Crippen LogP contribution in [0, 0.1) is 0 Å². The summed E-state index contributed by atoms with van der Waals surface area (Å²) < 4.78 is 0. The van der Waals surface area contributed by atoms with Gasteiger partial charge in [-0.05, 0) is 93.3 Å². The van der Waals surface area contributed by atoms with Gasteiger partial charge in [0.1, 0.15) is 0 Å². The summed E-state index contributed by atoms with van der Waals surface area (Å²) in [7, 11) is 0. The molecule has 9 aromatic rings. The van der Waals surface area contributed by atoms with Crippen molar-refractivity contribution in [1.82, 2.24) is 0 Å². The quantitative estimate of drug-likeness (QED) is 0.190. The van der Waals surface area contributed by atoms with Crippen molar-refractivity contribution in [1.29, 1.82) is 0 Å². The highest BCUT2D eigenvalue weighted by Crippen LogP contribution is 2.50. The zero-order chi connectivity index (χ0) is 29.0. The van der Waals surface area contributed by atoms with Gasteiger partial charge in [0.05, 0.1) is 0 Å². The first kappa shape index (κ1) is 24.8. The average molecular weight is 557 g/mol. The zero-order valence-corrected chi connectivity index (χ0v) is 24.2. The van der Waals surface area contributed by atoms with Crippen molar-refractivity contribution in [3.63, 3.8) is 0 Å². The molecule has 0 fully saturated rings. The molecular formula is C44H28. The van der Waals surface area contributed by atoms with Gasteiger partial charge in [-0.3, -0.25) is 0 Å². The molecule has 0 saturated heterocycles. The second kappa shape index (κ2) is 9.93. The van der Waals surface area contributed by atoms with E-state index in [1.54, 1.807) is 0 Å². The Bertz CT molecular complexity index is 2540. The van der Waals surface area contributed by atoms with Gasteiger partial charge in [0.2, 0.25) is 0 Å². The first-order chi connectivity index (χ1) is 21.8. The number of hydrogen-bond donors (Lipinski definition) is 0. The molecule has 0 atom stereocenters. The SMILES string of the molecule is c1ccc2c(-c3cc4c(ccc5ccccc54)c(-c4cccc5ccccc45)c3-c3cccc4ccccc34)cccc2c1. The third-order valence-corrected chi connectivity index (χ3v) is 9.25. The summed E-state index contributed by atoms with van der Waals surface area (Å²) in [5.74, 6) is 0. The monoisotopic (exact) mass is 556 g/mol. The lowest BCUT2D eigenvalue weighted by molar-refractivity contribution is 1.63. The van der Waals surface area contributed by atoms with E-state index >= 15 is 0 Å². The minimum absolute atomic E-state index is 1.25. The van der Waals surface area contributed by atoms with Gasteiger partial charge < -0.3 is 0 Å². The first-order valence-electron chi connectivity index (χ1n) is 15.3. The Morgan fingerprint density at radius 1 is 0.205 bits per heavy atom. The van der Waals surface area contributed by atoms with Crippen LogP contribution in [0.1, 0.15) is 0 Å². The molecule has 0 spiro atoms. The van der Waals surface area contributed by atoms with Crippen LogP contribution in [0.5, 0.6) is 0 Å². The smallest absolute Gasteiger partial charge is 0.00137 e. The molecule has 0 unspecified atom stereocenters. The van der Waals surface area contributed by atoms with Crippen molar-refractivity contribution in [2.45, 2.75) is 0 Å². The first-order valence-corrected chi connectivity index (χ1v) is 15.3. The van der Waals surface area contributed by atoms with E-state index in [-0.39, 0.29) is 0 Å². The fourth-order valence-electron chi connectivity index (χ4n) is 7.27. The summed E-state index contributed by atoms with van der Waals surface area (Å²) in [6, 6.07) is 62.5. The number of rotatable bonds is 3. The van der Waals surface area contributed by atoms with Gasteiger partial charge in [-0.25, -0.2) is 0 Å². The average Bonchev–Trinajstić information content (AvgIpc) is 3.10. The predicted octanol–water partition coefficient (Wildman–Crippen LogP) is 12.5. The Morgan fingerprint density at radius 2 is 0.614 bits per heavy atom. The third-order valence-electron chi connectivity index (χ3n) is 9.25. The number of hydrogen-bond acceptors (Lipinski definition) is 0. The van der Waals surface area contributed by atoms with Crippen LogP contribution in [-0.2, 0) is 0 Å². The maximum atomic E-state index is 2.46. The van der Waals surface area contributed by atoms with Gasteiger partial charge in [0, 0.05) is 0 Å². The molecule has 0 aliphatic rings. The lowest BCUT2D eigenvalue weighted by Crippen LogP contribution is -1.96. The second-order valence-electron chi connectivity index (χ2n) is 11.6. The maximum absolute atomic E-state index is 2.46.